The molecule has 0 saturated carbocycles. The average Bonchev–Trinajstić information content (AvgIpc) is 2.91. The van der Waals surface area contributed by atoms with Crippen LogP contribution in [0.2, 0.25) is 0 Å². The van der Waals surface area contributed by atoms with E-state index in [0.29, 0.717) is 18.7 Å². The van der Waals surface area contributed by atoms with E-state index in [-0.39, 0.29) is 16.6 Å². The number of nitrogens with one attached hydrogen (secondary N) is 1. The van der Waals surface area contributed by atoms with Crippen LogP contribution in [0.4, 0.5) is 10.1 Å². The van der Waals surface area contributed by atoms with E-state index in [0.717, 1.165) is 11.1 Å². The Labute approximate surface area is 146 Å². The molecule has 1 amide bonds. The van der Waals surface area contributed by atoms with Gasteiger partial charge >= 0.3 is 0 Å². The van der Waals surface area contributed by atoms with Crippen LogP contribution in [0.1, 0.15) is 17.5 Å². The summed E-state index contributed by atoms with van der Waals surface area (Å²) < 4.78 is 40.6. The number of aryl methyl sites for hydroxylation is 2. The second-order valence-corrected chi connectivity index (χ2v) is 7.89. The van der Waals surface area contributed by atoms with Gasteiger partial charge in [-0.1, -0.05) is 6.07 Å². The summed E-state index contributed by atoms with van der Waals surface area (Å²) in [5.74, 6) is -0.721. The Morgan fingerprint density at radius 3 is 2.40 bits per heavy atom. The van der Waals surface area contributed by atoms with Crippen molar-refractivity contribution in [1.82, 2.24) is 4.72 Å². The van der Waals surface area contributed by atoms with Crippen molar-refractivity contribution in [3.63, 3.8) is 0 Å². The molecule has 25 heavy (non-hydrogen) atoms. The molecule has 5 nitrogen and oxygen atoms in total. The van der Waals surface area contributed by atoms with Gasteiger partial charge in [0.25, 0.3) is 0 Å². The number of carbonyl (C=O) groups is 1. The van der Waals surface area contributed by atoms with E-state index in [1.165, 1.54) is 35.2 Å². The summed E-state index contributed by atoms with van der Waals surface area (Å²) in [5.41, 5.74) is 2.42. The Balaban J connectivity index is 1.78. The average molecular weight is 362 g/mol. The first-order valence-corrected chi connectivity index (χ1v) is 9.43. The summed E-state index contributed by atoms with van der Waals surface area (Å²) in [5, 5.41) is 0. The van der Waals surface area contributed by atoms with E-state index in [2.05, 4.69) is 4.72 Å². The molecule has 2 aromatic carbocycles. The zero-order chi connectivity index (χ0) is 18.2. The summed E-state index contributed by atoms with van der Waals surface area (Å²) in [4.78, 5) is 14.1. The number of halogens is 1. The van der Waals surface area contributed by atoms with E-state index in [1.807, 2.05) is 13.8 Å². The minimum absolute atomic E-state index is 0.142. The van der Waals surface area contributed by atoms with E-state index in [1.54, 1.807) is 12.1 Å². The van der Waals surface area contributed by atoms with Gasteiger partial charge in [0.1, 0.15) is 11.9 Å². The van der Waals surface area contributed by atoms with Gasteiger partial charge in [0.2, 0.25) is 15.9 Å². The van der Waals surface area contributed by atoms with Crippen LogP contribution >= 0.6 is 0 Å². The number of sulfonamides is 1. The molecule has 1 aliphatic heterocycles. The van der Waals surface area contributed by atoms with E-state index >= 15 is 0 Å². The molecule has 3 rings (SSSR count). The zero-order valence-electron chi connectivity index (χ0n) is 14.0. The third-order valence-corrected chi connectivity index (χ3v) is 5.90. The Morgan fingerprint density at radius 2 is 1.76 bits per heavy atom. The second kappa shape index (κ2) is 6.57. The smallest absolute Gasteiger partial charge is 0.245 e. The lowest BCUT2D eigenvalue weighted by atomic mass is 10.1. The molecule has 1 saturated heterocycles. The number of benzene rings is 2. The van der Waals surface area contributed by atoms with Crippen LogP contribution in [0.25, 0.3) is 0 Å². The first-order chi connectivity index (χ1) is 11.8. The molecular formula is C18H19FN2O3S. The summed E-state index contributed by atoms with van der Waals surface area (Å²) in [6.07, 6.45) is 0.361. The van der Waals surface area contributed by atoms with Crippen LogP contribution in [0.5, 0.6) is 0 Å². The fraction of sp³-hybridized carbons (Fsp3) is 0.278. The molecule has 1 N–H and O–H groups in total. The molecule has 7 heteroatoms. The predicted molar refractivity (Wildman–Crippen MR) is 93.4 cm³/mol. The largest absolute Gasteiger partial charge is 0.311 e. The van der Waals surface area contributed by atoms with Gasteiger partial charge in [0.15, 0.2) is 0 Å². The number of carbonyl (C=O) groups excluding carboxylic acids is 1. The highest BCUT2D eigenvalue weighted by Crippen LogP contribution is 2.23. The number of hydrogen-bond acceptors (Lipinski definition) is 3. The SMILES string of the molecule is Cc1ccc(S(=O)(=O)N[C@H]2CCN(c3ccc(F)cc3)C2=O)cc1C. The lowest BCUT2D eigenvalue weighted by Gasteiger charge is -2.17. The first-order valence-electron chi connectivity index (χ1n) is 7.94. The molecule has 0 bridgehead atoms. The maximum absolute atomic E-state index is 13.0. The first kappa shape index (κ1) is 17.6. The summed E-state index contributed by atoms with van der Waals surface area (Å²) in [6.45, 7) is 4.12. The predicted octanol–water partition coefficient (Wildman–Crippen LogP) is 2.53. The van der Waals surface area contributed by atoms with Crippen LogP contribution in [0.3, 0.4) is 0 Å². The monoisotopic (exact) mass is 362 g/mol. The topological polar surface area (TPSA) is 66.5 Å². The summed E-state index contributed by atoms with van der Waals surface area (Å²) in [6, 6.07) is 9.60. The van der Waals surface area contributed by atoms with Gasteiger partial charge in [-0.15, -0.1) is 0 Å². The maximum Gasteiger partial charge on any atom is 0.245 e. The highest BCUT2D eigenvalue weighted by Gasteiger charge is 2.35. The highest BCUT2D eigenvalue weighted by atomic mass is 32.2. The fourth-order valence-corrected chi connectivity index (χ4v) is 4.11. The molecular weight excluding hydrogens is 343 g/mol. The van der Waals surface area contributed by atoms with Gasteiger partial charge in [0, 0.05) is 12.2 Å². The van der Waals surface area contributed by atoms with Gasteiger partial charge in [0.05, 0.1) is 4.90 Å². The van der Waals surface area contributed by atoms with Crippen molar-refractivity contribution >= 4 is 21.6 Å². The van der Waals surface area contributed by atoms with E-state index in [4.69, 9.17) is 0 Å². The number of rotatable bonds is 4. The fourth-order valence-electron chi connectivity index (χ4n) is 2.80. The van der Waals surface area contributed by atoms with Crippen LogP contribution < -0.4 is 9.62 Å². The third-order valence-electron chi connectivity index (χ3n) is 4.43. The van der Waals surface area contributed by atoms with Gasteiger partial charge in [-0.3, -0.25) is 4.79 Å². The molecule has 2 aromatic rings. The molecule has 0 unspecified atom stereocenters. The molecule has 0 radical (unpaired) electrons. The van der Waals surface area contributed by atoms with Crippen molar-refractivity contribution < 1.29 is 17.6 Å². The molecule has 1 atom stereocenters. The minimum atomic E-state index is -3.79. The maximum atomic E-state index is 13.0. The lowest BCUT2D eigenvalue weighted by molar-refractivity contribution is -0.118. The highest BCUT2D eigenvalue weighted by molar-refractivity contribution is 7.89. The molecule has 1 heterocycles. The van der Waals surface area contributed by atoms with Crippen molar-refractivity contribution in [3.8, 4) is 0 Å². The van der Waals surface area contributed by atoms with Crippen LogP contribution in [0.15, 0.2) is 47.4 Å². The number of anilines is 1. The number of hydrogen-bond donors (Lipinski definition) is 1. The minimum Gasteiger partial charge on any atom is -0.311 e. The standard InChI is InChI=1S/C18H19FN2O3S/c1-12-3-8-16(11-13(12)2)25(23,24)20-17-9-10-21(18(17)22)15-6-4-14(19)5-7-15/h3-8,11,17,20H,9-10H2,1-2H3/t17-/m0/s1. The van der Waals surface area contributed by atoms with Gasteiger partial charge in [-0.05, 0) is 67.8 Å². The van der Waals surface area contributed by atoms with Gasteiger partial charge in [-0.2, -0.15) is 4.72 Å². The number of amides is 1. The van der Waals surface area contributed by atoms with E-state index < -0.39 is 16.1 Å². The Kier molecular flexibility index (Phi) is 4.62. The van der Waals surface area contributed by atoms with Gasteiger partial charge in [-0.25, -0.2) is 12.8 Å². The quantitative estimate of drug-likeness (QED) is 0.909. The summed E-state index contributed by atoms with van der Waals surface area (Å²) >= 11 is 0. The van der Waals surface area contributed by atoms with Crippen LogP contribution in [-0.4, -0.2) is 26.9 Å². The number of nitrogens with zero attached hydrogens (tertiary/aromatic N) is 1. The Hall–Kier alpha value is -2.25. The van der Waals surface area contributed by atoms with Crippen molar-refractivity contribution in [2.75, 3.05) is 11.4 Å². The van der Waals surface area contributed by atoms with Crippen LogP contribution in [0, 0.1) is 19.7 Å². The molecule has 0 aromatic heterocycles. The lowest BCUT2D eigenvalue weighted by Crippen LogP contribution is -2.41. The normalized spacial score (nSPS) is 18.0. The second-order valence-electron chi connectivity index (χ2n) is 6.17. The Morgan fingerprint density at radius 1 is 1.08 bits per heavy atom. The molecule has 1 aliphatic rings. The zero-order valence-corrected chi connectivity index (χ0v) is 14.8. The third kappa shape index (κ3) is 3.57. The van der Waals surface area contributed by atoms with E-state index in [9.17, 15) is 17.6 Å². The van der Waals surface area contributed by atoms with Crippen LogP contribution in [-0.2, 0) is 14.8 Å². The molecule has 0 aliphatic carbocycles. The van der Waals surface area contributed by atoms with Crippen molar-refractivity contribution in [3.05, 3.63) is 59.4 Å². The molecule has 0 spiro atoms. The van der Waals surface area contributed by atoms with Gasteiger partial charge < -0.3 is 4.90 Å². The molecule has 1 fully saturated rings. The van der Waals surface area contributed by atoms with Crippen molar-refractivity contribution in [1.29, 1.82) is 0 Å². The Bertz CT molecular complexity index is 910. The molecule has 132 valence electrons. The van der Waals surface area contributed by atoms with Crippen molar-refractivity contribution in [2.45, 2.75) is 31.2 Å². The van der Waals surface area contributed by atoms with Crippen molar-refractivity contribution in [2.24, 2.45) is 0 Å². The summed E-state index contributed by atoms with van der Waals surface area (Å²) in [7, 11) is -3.79.